The van der Waals surface area contributed by atoms with Gasteiger partial charge in [0, 0.05) is 38.3 Å². The smallest absolute Gasteiger partial charge is 0.151 e. The van der Waals surface area contributed by atoms with E-state index in [-0.39, 0.29) is 6.61 Å². The molecule has 3 aromatic rings. The second-order valence-corrected chi connectivity index (χ2v) is 6.60. The maximum atomic E-state index is 9.07. The van der Waals surface area contributed by atoms with Crippen LogP contribution in [0.25, 0.3) is 21.5 Å². The lowest BCUT2D eigenvalue weighted by molar-refractivity contribution is 0.188. The van der Waals surface area contributed by atoms with Gasteiger partial charge in [0.15, 0.2) is 5.82 Å². The Morgan fingerprint density at radius 3 is 2.58 bits per heavy atom. The fraction of sp³-hybridized carbons (Fsp3) is 0.353. The van der Waals surface area contributed by atoms with Gasteiger partial charge in [0.1, 0.15) is 22.2 Å². The Morgan fingerprint density at radius 2 is 1.83 bits per heavy atom. The highest BCUT2D eigenvalue weighted by molar-refractivity contribution is 7.14. The molecule has 0 amide bonds. The third-order valence-electron chi connectivity index (χ3n) is 4.37. The lowest BCUT2D eigenvalue weighted by atomic mass is 10.1. The number of nitrogens with zero attached hydrogens (tertiary/aromatic N) is 5. The molecule has 3 heterocycles. The molecular weight excluding hydrogens is 322 g/mol. The molecule has 1 aliphatic heterocycles. The number of aliphatic hydroxyl groups excluding tert-OH is 1. The number of anilines is 1. The van der Waals surface area contributed by atoms with Crippen LogP contribution in [-0.2, 0) is 0 Å². The molecule has 24 heavy (non-hydrogen) atoms. The highest BCUT2D eigenvalue weighted by Gasteiger charge is 2.22. The van der Waals surface area contributed by atoms with Gasteiger partial charge in [-0.25, -0.2) is 9.97 Å². The summed E-state index contributed by atoms with van der Waals surface area (Å²) in [7, 11) is 0. The van der Waals surface area contributed by atoms with Gasteiger partial charge < -0.3 is 10.0 Å². The van der Waals surface area contributed by atoms with E-state index in [9.17, 15) is 0 Å². The van der Waals surface area contributed by atoms with Crippen molar-refractivity contribution >= 4 is 27.6 Å². The molecule has 124 valence electrons. The molecule has 1 saturated heterocycles. The predicted molar refractivity (Wildman–Crippen MR) is 96.4 cm³/mol. The number of β-amino-alcohol motifs (C(OH)–C–C–N with tert-alkyl or cyclic N) is 1. The molecular formula is C17H19N5OS. The van der Waals surface area contributed by atoms with Gasteiger partial charge in [-0.15, -0.1) is 0 Å². The first-order valence-electron chi connectivity index (χ1n) is 8.11. The third kappa shape index (κ3) is 2.86. The van der Waals surface area contributed by atoms with Gasteiger partial charge in [0.25, 0.3) is 0 Å². The minimum atomic E-state index is 0.215. The Bertz CT molecular complexity index is 814. The fourth-order valence-electron chi connectivity index (χ4n) is 3.09. The molecule has 4 rings (SSSR count). The van der Waals surface area contributed by atoms with E-state index in [4.69, 9.17) is 5.11 Å². The highest BCUT2D eigenvalue weighted by atomic mass is 32.1. The minimum absolute atomic E-state index is 0.215. The Kier molecular flexibility index (Phi) is 4.38. The van der Waals surface area contributed by atoms with Crippen LogP contribution < -0.4 is 4.90 Å². The molecule has 0 bridgehead atoms. The summed E-state index contributed by atoms with van der Waals surface area (Å²) < 4.78 is 5.68. The topological polar surface area (TPSA) is 65.4 Å². The molecule has 0 saturated carbocycles. The normalized spacial score (nSPS) is 16.0. The maximum absolute atomic E-state index is 9.07. The van der Waals surface area contributed by atoms with Gasteiger partial charge in [-0.2, -0.15) is 4.37 Å². The van der Waals surface area contributed by atoms with Crippen molar-refractivity contribution in [2.45, 2.75) is 0 Å². The number of hydrogen-bond donors (Lipinski definition) is 1. The van der Waals surface area contributed by atoms with E-state index in [0.717, 1.165) is 60.0 Å². The molecule has 2 aromatic heterocycles. The van der Waals surface area contributed by atoms with Crippen molar-refractivity contribution in [3.05, 3.63) is 36.7 Å². The first kappa shape index (κ1) is 15.4. The number of aliphatic hydroxyl groups is 1. The number of fused-ring (bicyclic) bond motifs is 1. The van der Waals surface area contributed by atoms with E-state index in [0.29, 0.717) is 0 Å². The summed E-state index contributed by atoms with van der Waals surface area (Å²) >= 11 is 1.47. The summed E-state index contributed by atoms with van der Waals surface area (Å²) in [4.78, 5) is 13.6. The summed E-state index contributed by atoms with van der Waals surface area (Å²) in [6.07, 6.45) is 1.64. The minimum Gasteiger partial charge on any atom is -0.395 e. The van der Waals surface area contributed by atoms with Gasteiger partial charge in [0.05, 0.1) is 6.61 Å². The Morgan fingerprint density at radius 1 is 1.04 bits per heavy atom. The lowest BCUT2D eigenvalue weighted by Crippen LogP contribution is -2.47. The van der Waals surface area contributed by atoms with Crippen LogP contribution in [-0.4, -0.2) is 63.7 Å². The Balaban J connectivity index is 1.65. The van der Waals surface area contributed by atoms with Crippen molar-refractivity contribution in [2.24, 2.45) is 0 Å². The van der Waals surface area contributed by atoms with Crippen molar-refractivity contribution in [3.63, 3.8) is 0 Å². The molecule has 0 atom stereocenters. The molecule has 0 aliphatic carbocycles. The van der Waals surface area contributed by atoms with E-state index >= 15 is 0 Å². The van der Waals surface area contributed by atoms with Crippen LogP contribution in [0.5, 0.6) is 0 Å². The molecule has 0 unspecified atom stereocenters. The van der Waals surface area contributed by atoms with E-state index in [1.165, 1.54) is 11.5 Å². The SMILES string of the molecule is OCCN1CCN(c2ncnc3c(-c4ccccc4)nsc23)CC1. The zero-order valence-corrected chi connectivity index (χ0v) is 14.1. The standard InChI is InChI=1S/C17H19N5OS/c23-11-10-21-6-8-22(9-7-21)17-16-15(18-12-19-17)14(20-24-16)13-4-2-1-3-5-13/h1-5,12,23H,6-11H2. The summed E-state index contributed by atoms with van der Waals surface area (Å²) in [6, 6.07) is 10.2. The van der Waals surface area contributed by atoms with E-state index in [2.05, 4.69) is 36.3 Å². The number of benzene rings is 1. The third-order valence-corrected chi connectivity index (χ3v) is 5.21. The second-order valence-electron chi connectivity index (χ2n) is 5.82. The van der Waals surface area contributed by atoms with Crippen LogP contribution in [0.4, 0.5) is 5.82 Å². The van der Waals surface area contributed by atoms with E-state index in [1.54, 1.807) is 6.33 Å². The van der Waals surface area contributed by atoms with Crippen LogP contribution >= 0.6 is 11.5 Å². The zero-order chi connectivity index (χ0) is 16.4. The summed E-state index contributed by atoms with van der Waals surface area (Å²) in [6.45, 7) is 4.65. The molecule has 1 fully saturated rings. The van der Waals surface area contributed by atoms with Crippen LogP contribution in [0.3, 0.4) is 0 Å². The van der Waals surface area contributed by atoms with Crippen molar-refractivity contribution < 1.29 is 5.11 Å². The van der Waals surface area contributed by atoms with Gasteiger partial charge >= 0.3 is 0 Å². The van der Waals surface area contributed by atoms with Crippen molar-refractivity contribution in [2.75, 3.05) is 44.2 Å². The van der Waals surface area contributed by atoms with E-state index in [1.807, 2.05) is 18.2 Å². The molecule has 1 N–H and O–H groups in total. The average molecular weight is 341 g/mol. The quantitative estimate of drug-likeness (QED) is 0.781. The monoisotopic (exact) mass is 341 g/mol. The van der Waals surface area contributed by atoms with Crippen LogP contribution in [0, 0.1) is 0 Å². The van der Waals surface area contributed by atoms with Crippen LogP contribution in [0.2, 0.25) is 0 Å². The van der Waals surface area contributed by atoms with Crippen molar-refractivity contribution in [1.82, 2.24) is 19.2 Å². The van der Waals surface area contributed by atoms with Crippen LogP contribution in [0.1, 0.15) is 0 Å². The van der Waals surface area contributed by atoms with Gasteiger partial charge in [-0.3, -0.25) is 4.90 Å². The first-order valence-corrected chi connectivity index (χ1v) is 8.88. The number of rotatable bonds is 4. The predicted octanol–water partition coefficient (Wildman–Crippen LogP) is 1.87. The summed E-state index contributed by atoms with van der Waals surface area (Å²) in [5.41, 5.74) is 2.94. The molecule has 0 spiro atoms. The highest BCUT2D eigenvalue weighted by Crippen LogP contribution is 2.34. The van der Waals surface area contributed by atoms with Crippen molar-refractivity contribution in [3.8, 4) is 11.3 Å². The molecule has 6 nitrogen and oxygen atoms in total. The van der Waals surface area contributed by atoms with Crippen molar-refractivity contribution in [1.29, 1.82) is 0 Å². The average Bonchev–Trinajstić information content (AvgIpc) is 3.08. The van der Waals surface area contributed by atoms with Gasteiger partial charge in [-0.05, 0) is 11.5 Å². The van der Waals surface area contributed by atoms with Gasteiger partial charge in [0.2, 0.25) is 0 Å². The number of piperazine rings is 1. The second kappa shape index (κ2) is 6.80. The summed E-state index contributed by atoms with van der Waals surface area (Å²) in [5.74, 6) is 0.975. The summed E-state index contributed by atoms with van der Waals surface area (Å²) in [5, 5.41) is 9.07. The maximum Gasteiger partial charge on any atom is 0.151 e. The largest absolute Gasteiger partial charge is 0.395 e. The molecule has 1 aliphatic rings. The van der Waals surface area contributed by atoms with Gasteiger partial charge in [-0.1, -0.05) is 30.3 Å². The fourth-order valence-corrected chi connectivity index (χ4v) is 3.96. The molecule has 7 heteroatoms. The Labute approximate surface area is 144 Å². The molecule has 0 radical (unpaired) electrons. The lowest BCUT2D eigenvalue weighted by Gasteiger charge is -2.35. The Hall–Kier alpha value is -2.09. The number of aromatic nitrogens is 3. The first-order chi connectivity index (χ1) is 11.9. The molecule has 1 aromatic carbocycles. The van der Waals surface area contributed by atoms with E-state index < -0.39 is 0 Å². The number of hydrogen-bond acceptors (Lipinski definition) is 7. The van der Waals surface area contributed by atoms with Crippen LogP contribution in [0.15, 0.2) is 36.7 Å². The zero-order valence-electron chi connectivity index (χ0n) is 13.3.